The van der Waals surface area contributed by atoms with E-state index < -0.39 is 11.7 Å². The third-order valence-corrected chi connectivity index (χ3v) is 9.29. The summed E-state index contributed by atoms with van der Waals surface area (Å²) in [5, 5.41) is 11.6. The second kappa shape index (κ2) is 8.13. The van der Waals surface area contributed by atoms with Crippen LogP contribution in [-0.2, 0) is 26.9 Å². The Balaban J connectivity index is 1.55. The monoisotopic (exact) mass is 475 g/mol. The molecule has 188 valence electrons. The van der Waals surface area contributed by atoms with E-state index in [9.17, 15) is 5.11 Å². The molecule has 1 aromatic heterocycles. The number of fused-ring (bicyclic) bond motifs is 4. The van der Waals surface area contributed by atoms with E-state index in [1.54, 1.807) is 0 Å². The van der Waals surface area contributed by atoms with E-state index in [1.807, 2.05) is 0 Å². The number of aliphatic hydroxyl groups excluding tert-OH is 1. The highest BCUT2D eigenvalue weighted by Crippen LogP contribution is 2.60. The molecule has 0 radical (unpaired) electrons. The van der Waals surface area contributed by atoms with Gasteiger partial charge in [0.1, 0.15) is 6.10 Å². The minimum absolute atomic E-state index is 0.111. The van der Waals surface area contributed by atoms with E-state index >= 15 is 0 Å². The van der Waals surface area contributed by atoms with Crippen molar-refractivity contribution in [2.24, 2.45) is 5.41 Å². The molecule has 2 aliphatic carbocycles. The molecule has 0 unspecified atom stereocenters. The molecule has 3 heterocycles. The van der Waals surface area contributed by atoms with Crippen LogP contribution in [0.25, 0.3) is 0 Å². The number of pyridine rings is 1. The number of ether oxygens (including phenoxy) is 2. The van der Waals surface area contributed by atoms with Gasteiger partial charge >= 0.3 is 0 Å². The van der Waals surface area contributed by atoms with Gasteiger partial charge in [-0.1, -0.05) is 65.3 Å². The summed E-state index contributed by atoms with van der Waals surface area (Å²) in [5.41, 5.74) is 8.38. The van der Waals surface area contributed by atoms with Crippen molar-refractivity contribution < 1.29 is 14.6 Å². The first-order valence-corrected chi connectivity index (χ1v) is 13.7. The summed E-state index contributed by atoms with van der Waals surface area (Å²) in [6.07, 6.45) is 6.66. The molecular weight excluding hydrogens is 434 g/mol. The molecule has 4 heteroatoms. The lowest BCUT2D eigenvalue weighted by Gasteiger charge is -2.48. The molecule has 6 rings (SSSR count). The zero-order valence-corrected chi connectivity index (χ0v) is 22.1. The lowest BCUT2D eigenvalue weighted by molar-refractivity contribution is -0.122. The van der Waals surface area contributed by atoms with Gasteiger partial charge in [-0.2, -0.15) is 0 Å². The van der Waals surface area contributed by atoms with Gasteiger partial charge in [0.25, 0.3) is 0 Å². The number of hydrogen-bond donors (Lipinski definition) is 1. The molecule has 0 bridgehead atoms. The highest BCUT2D eigenvalue weighted by Gasteiger charge is 2.53. The fourth-order valence-corrected chi connectivity index (χ4v) is 7.18. The Morgan fingerprint density at radius 2 is 1.69 bits per heavy atom. The number of rotatable bonds is 2. The van der Waals surface area contributed by atoms with Crippen LogP contribution in [0, 0.1) is 5.41 Å². The van der Waals surface area contributed by atoms with Gasteiger partial charge in [-0.15, -0.1) is 0 Å². The number of aromatic nitrogens is 1. The van der Waals surface area contributed by atoms with Crippen LogP contribution in [0.1, 0.15) is 130 Å². The molecule has 4 nitrogen and oxygen atoms in total. The zero-order valence-electron chi connectivity index (χ0n) is 22.1. The van der Waals surface area contributed by atoms with Crippen LogP contribution < -0.4 is 0 Å². The van der Waals surface area contributed by atoms with Crippen molar-refractivity contribution in [2.75, 3.05) is 13.2 Å². The van der Waals surface area contributed by atoms with Gasteiger partial charge in [-0.05, 0) is 59.1 Å². The third kappa shape index (κ3) is 3.70. The van der Waals surface area contributed by atoms with Gasteiger partial charge in [0.2, 0.25) is 0 Å². The summed E-state index contributed by atoms with van der Waals surface area (Å²) in [6.45, 7) is 12.7. The van der Waals surface area contributed by atoms with Gasteiger partial charge in [-0.3, -0.25) is 4.98 Å². The summed E-state index contributed by atoms with van der Waals surface area (Å²) >= 11 is 0. The fourth-order valence-electron chi connectivity index (χ4n) is 7.18. The summed E-state index contributed by atoms with van der Waals surface area (Å²) in [4.78, 5) is 5.35. The van der Waals surface area contributed by atoms with Crippen LogP contribution in [-0.4, -0.2) is 23.3 Å². The molecule has 2 aliphatic heterocycles. The lowest BCUT2D eigenvalue weighted by atomic mass is 9.58. The number of aliphatic hydroxyl groups is 1. The fraction of sp³-hybridized carbons (Fsp3) is 0.645. The first-order chi connectivity index (χ1) is 16.6. The van der Waals surface area contributed by atoms with E-state index in [2.05, 4.69) is 58.9 Å². The van der Waals surface area contributed by atoms with Crippen LogP contribution in [0.2, 0.25) is 0 Å². The average Bonchev–Trinajstić information content (AvgIpc) is 3.11. The quantitative estimate of drug-likeness (QED) is 0.520. The van der Waals surface area contributed by atoms with Crippen LogP contribution >= 0.6 is 0 Å². The average molecular weight is 476 g/mol. The van der Waals surface area contributed by atoms with Gasteiger partial charge in [0.05, 0.1) is 11.7 Å². The molecule has 1 saturated carbocycles. The number of hydrogen-bond acceptors (Lipinski definition) is 4. The van der Waals surface area contributed by atoms with Gasteiger partial charge in [0.15, 0.2) is 0 Å². The van der Waals surface area contributed by atoms with Crippen molar-refractivity contribution >= 4 is 0 Å². The third-order valence-electron chi connectivity index (χ3n) is 9.29. The second-order valence-electron chi connectivity index (χ2n) is 13.0. The standard InChI is InChI=1S/C31H41NO3/c1-19(2)27-25-26(24-22(32-27)17-30(11-6-12-30)18-23(24)33)31(13-15-34-16-14-31)35-28(25)20-7-9-21(10-8-20)29(3,4)5/h7-10,19,23,28,33H,6,11-18H2,1-5H3/t23-,28+/m0/s1. The predicted octanol–water partition coefficient (Wildman–Crippen LogP) is 6.78. The van der Waals surface area contributed by atoms with Crippen LogP contribution in [0.4, 0.5) is 0 Å². The molecule has 1 N–H and O–H groups in total. The maximum atomic E-state index is 11.6. The maximum absolute atomic E-state index is 11.6. The van der Waals surface area contributed by atoms with E-state index in [0.717, 1.165) is 42.6 Å². The highest BCUT2D eigenvalue weighted by molar-refractivity contribution is 5.54. The molecule has 2 fully saturated rings. The van der Waals surface area contributed by atoms with Gasteiger partial charge in [0, 0.05) is 48.6 Å². The Bertz CT molecular complexity index is 1120. The van der Waals surface area contributed by atoms with Crippen molar-refractivity contribution in [1.82, 2.24) is 4.98 Å². The van der Waals surface area contributed by atoms with Crippen molar-refractivity contribution in [1.29, 1.82) is 0 Å². The van der Waals surface area contributed by atoms with Crippen LogP contribution in [0.5, 0.6) is 0 Å². The van der Waals surface area contributed by atoms with Gasteiger partial charge < -0.3 is 14.6 Å². The van der Waals surface area contributed by atoms with Crippen LogP contribution in [0.3, 0.4) is 0 Å². The maximum Gasteiger partial charge on any atom is 0.111 e. The molecule has 1 aromatic carbocycles. The number of benzene rings is 1. The minimum atomic E-state index is -0.452. The number of nitrogens with zero attached hydrogens (tertiary/aromatic N) is 1. The van der Waals surface area contributed by atoms with Crippen molar-refractivity contribution in [2.45, 2.75) is 109 Å². The van der Waals surface area contributed by atoms with Crippen molar-refractivity contribution in [3.8, 4) is 0 Å². The molecule has 2 atom stereocenters. The summed E-state index contributed by atoms with van der Waals surface area (Å²) in [7, 11) is 0. The lowest BCUT2D eigenvalue weighted by Crippen LogP contribution is -2.40. The van der Waals surface area contributed by atoms with Crippen molar-refractivity contribution in [3.05, 3.63) is 63.5 Å². The summed E-state index contributed by atoms with van der Waals surface area (Å²) in [5.74, 6) is 0.292. The van der Waals surface area contributed by atoms with Crippen LogP contribution in [0.15, 0.2) is 24.3 Å². The topological polar surface area (TPSA) is 51.6 Å². The molecular formula is C31H41NO3. The normalized spacial score (nSPS) is 26.6. The summed E-state index contributed by atoms with van der Waals surface area (Å²) in [6, 6.07) is 9.00. The second-order valence-corrected chi connectivity index (χ2v) is 13.0. The summed E-state index contributed by atoms with van der Waals surface area (Å²) < 4.78 is 13.0. The van der Waals surface area contributed by atoms with Gasteiger partial charge in [-0.25, -0.2) is 0 Å². The Kier molecular flexibility index (Phi) is 5.49. The first kappa shape index (κ1) is 23.6. The molecule has 2 aromatic rings. The minimum Gasteiger partial charge on any atom is -0.388 e. The Hall–Kier alpha value is -1.75. The van der Waals surface area contributed by atoms with E-state index in [0.29, 0.717) is 19.1 Å². The molecule has 2 spiro atoms. The molecule has 35 heavy (non-hydrogen) atoms. The zero-order chi connectivity index (χ0) is 24.6. The molecule has 4 aliphatic rings. The van der Waals surface area contributed by atoms with E-state index in [4.69, 9.17) is 14.5 Å². The van der Waals surface area contributed by atoms with E-state index in [-0.39, 0.29) is 16.9 Å². The molecule has 1 saturated heterocycles. The Morgan fingerprint density at radius 3 is 2.26 bits per heavy atom. The first-order valence-electron chi connectivity index (χ1n) is 13.7. The Morgan fingerprint density at radius 1 is 1.00 bits per heavy atom. The largest absolute Gasteiger partial charge is 0.388 e. The highest BCUT2D eigenvalue weighted by atomic mass is 16.5. The molecule has 0 amide bonds. The predicted molar refractivity (Wildman–Crippen MR) is 138 cm³/mol. The van der Waals surface area contributed by atoms with Crippen molar-refractivity contribution in [3.63, 3.8) is 0 Å². The Labute approximate surface area is 210 Å². The SMILES string of the molecule is CC(C)c1nc2c(c3c1[C@@H](c1ccc(C(C)(C)C)cc1)OC31CCOCC1)[C@@H](O)CC1(CCC1)C2. The smallest absolute Gasteiger partial charge is 0.111 e. The van der Waals surface area contributed by atoms with E-state index in [1.165, 1.54) is 41.5 Å².